The number of benzene rings is 1. The molecular formula is C20H31N3O5. The fourth-order valence-electron chi connectivity index (χ4n) is 3.03. The minimum atomic E-state index is -0.554. The minimum absolute atomic E-state index is 0.0906. The molecule has 1 N–H and O–H groups in total. The van der Waals surface area contributed by atoms with Gasteiger partial charge in [-0.2, -0.15) is 0 Å². The zero-order valence-electron chi connectivity index (χ0n) is 17.6. The Labute approximate surface area is 166 Å². The van der Waals surface area contributed by atoms with Crippen molar-refractivity contribution in [3.05, 3.63) is 18.2 Å². The van der Waals surface area contributed by atoms with Crippen molar-refractivity contribution in [3.8, 4) is 11.5 Å². The second-order valence-corrected chi connectivity index (χ2v) is 7.83. The lowest BCUT2D eigenvalue weighted by molar-refractivity contribution is 0.0158. The number of carbonyl (C=O) groups is 2. The third-order valence-electron chi connectivity index (χ3n) is 4.56. The van der Waals surface area contributed by atoms with E-state index in [0.29, 0.717) is 30.3 Å². The molecule has 0 aliphatic carbocycles. The fourth-order valence-corrected chi connectivity index (χ4v) is 3.03. The predicted molar refractivity (Wildman–Crippen MR) is 107 cm³/mol. The summed E-state index contributed by atoms with van der Waals surface area (Å²) < 4.78 is 15.9. The fraction of sp³-hybridized carbons (Fsp3) is 0.600. The summed E-state index contributed by atoms with van der Waals surface area (Å²) in [6, 6.07) is 4.89. The molecule has 0 bridgehead atoms. The van der Waals surface area contributed by atoms with Crippen molar-refractivity contribution >= 4 is 17.8 Å². The topological polar surface area (TPSA) is 80.3 Å². The number of carbonyl (C=O) groups excluding carboxylic acids is 2. The molecule has 1 unspecified atom stereocenters. The third-order valence-corrected chi connectivity index (χ3v) is 4.56. The lowest BCUT2D eigenvalue weighted by Crippen LogP contribution is -2.52. The van der Waals surface area contributed by atoms with Crippen LogP contribution in [0.1, 0.15) is 33.6 Å². The van der Waals surface area contributed by atoms with E-state index >= 15 is 0 Å². The van der Waals surface area contributed by atoms with Crippen LogP contribution in [0.15, 0.2) is 18.2 Å². The SMILES string of the molecule is COc1ccc(NC(=O)N2CCCC(N(C)C(=O)OC(C)(C)C)C2)c(OC)c1. The molecular weight excluding hydrogens is 362 g/mol. The molecule has 0 radical (unpaired) electrons. The molecule has 3 amide bonds. The molecule has 156 valence electrons. The van der Waals surface area contributed by atoms with E-state index in [1.165, 1.54) is 7.11 Å². The highest BCUT2D eigenvalue weighted by Gasteiger charge is 2.31. The van der Waals surface area contributed by atoms with Crippen molar-refractivity contribution < 1.29 is 23.8 Å². The van der Waals surface area contributed by atoms with Crippen LogP contribution in [0.5, 0.6) is 11.5 Å². The average Bonchev–Trinajstić information content (AvgIpc) is 2.66. The van der Waals surface area contributed by atoms with Gasteiger partial charge >= 0.3 is 12.1 Å². The van der Waals surface area contributed by atoms with Gasteiger partial charge in [0.25, 0.3) is 0 Å². The maximum absolute atomic E-state index is 12.8. The second-order valence-electron chi connectivity index (χ2n) is 7.83. The zero-order chi connectivity index (χ0) is 20.9. The first-order valence-electron chi connectivity index (χ1n) is 9.38. The van der Waals surface area contributed by atoms with E-state index in [2.05, 4.69) is 5.32 Å². The highest BCUT2D eigenvalue weighted by atomic mass is 16.6. The van der Waals surface area contributed by atoms with E-state index < -0.39 is 5.60 Å². The predicted octanol–water partition coefficient (Wildman–Crippen LogP) is 3.57. The molecule has 1 aliphatic heterocycles. The lowest BCUT2D eigenvalue weighted by atomic mass is 10.1. The summed E-state index contributed by atoms with van der Waals surface area (Å²) in [6.07, 6.45) is 1.26. The van der Waals surface area contributed by atoms with E-state index in [9.17, 15) is 9.59 Å². The Balaban J connectivity index is 2.02. The van der Waals surface area contributed by atoms with Crippen LogP contribution in [0.25, 0.3) is 0 Å². The van der Waals surface area contributed by atoms with Gasteiger partial charge in [-0.25, -0.2) is 9.59 Å². The third kappa shape index (κ3) is 5.68. The van der Waals surface area contributed by atoms with Gasteiger partial charge in [0, 0.05) is 26.2 Å². The first-order valence-corrected chi connectivity index (χ1v) is 9.38. The van der Waals surface area contributed by atoms with Crippen LogP contribution in [0.2, 0.25) is 0 Å². The van der Waals surface area contributed by atoms with Crippen molar-refractivity contribution in [1.82, 2.24) is 9.80 Å². The number of piperidine rings is 1. The molecule has 1 heterocycles. The largest absolute Gasteiger partial charge is 0.497 e. The van der Waals surface area contributed by atoms with Crippen LogP contribution in [0, 0.1) is 0 Å². The van der Waals surface area contributed by atoms with Crippen LogP contribution < -0.4 is 14.8 Å². The van der Waals surface area contributed by atoms with Crippen LogP contribution >= 0.6 is 0 Å². The van der Waals surface area contributed by atoms with Crippen LogP contribution in [0.3, 0.4) is 0 Å². The number of likely N-dealkylation sites (N-methyl/N-ethyl adjacent to an activating group) is 1. The number of ether oxygens (including phenoxy) is 3. The molecule has 28 heavy (non-hydrogen) atoms. The van der Waals surface area contributed by atoms with E-state index in [-0.39, 0.29) is 18.2 Å². The minimum Gasteiger partial charge on any atom is -0.497 e. The van der Waals surface area contributed by atoms with E-state index in [0.717, 1.165) is 12.8 Å². The highest BCUT2D eigenvalue weighted by Crippen LogP contribution is 2.29. The van der Waals surface area contributed by atoms with Gasteiger partial charge in [-0.15, -0.1) is 0 Å². The maximum atomic E-state index is 12.8. The number of likely N-dealkylation sites (tertiary alicyclic amines) is 1. The standard InChI is InChI=1S/C20H31N3O5/c1-20(2,3)28-19(25)22(4)14-8-7-11-23(13-14)18(24)21-16-10-9-15(26-5)12-17(16)27-6/h9-10,12,14H,7-8,11,13H2,1-6H3,(H,21,24). The monoisotopic (exact) mass is 393 g/mol. The Kier molecular flexibility index (Phi) is 6.99. The van der Waals surface area contributed by atoms with E-state index in [1.54, 1.807) is 42.2 Å². The summed E-state index contributed by atoms with van der Waals surface area (Å²) in [5.74, 6) is 1.17. The summed E-state index contributed by atoms with van der Waals surface area (Å²) in [5, 5.41) is 2.88. The van der Waals surface area contributed by atoms with Crippen molar-refractivity contribution in [2.45, 2.75) is 45.3 Å². The number of hydrogen-bond donors (Lipinski definition) is 1. The number of urea groups is 1. The van der Waals surface area contributed by atoms with Gasteiger partial charge in [0.2, 0.25) is 0 Å². The van der Waals surface area contributed by atoms with E-state index in [4.69, 9.17) is 14.2 Å². The summed E-state index contributed by atoms with van der Waals surface area (Å²) in [6.45, 7) is 6.58. The van der Waals surface area contributed by atoms with Crippen molar-refractivity contribution in [3.63, 3.8) is 0 Å². The molecule has 1 aromatic rings. The number of hydrogen-bond acceptors (Lipinski definition) is 5. The quantitative estimate of drug-likeness (QED) is 0.846. The van der Waals surface area contributed by atoms with Gasteiger partial charge in [-0.05, 0) is 45.7 Å². The van der Waals surface area contributed by atoms with Gasteiger partial charge in [0.15, 0.2) is 0 Å². The molecule has 1 aliphatic rings. The molecule has 8 heteroatoms. The number of rotatable bonds is 4. The Morgan fingerprint density at radius 1 is 1.21 bits per heavy atom. The molecule has 0 spiro atoms. The Morgan fingerprint density at radius 2 is 1.93 bits per heavy atom. The summed E-state index contributed by atoms with van der Waals surface area (Å²) in [5.41, 5.74) is 0.0121. The van der Waals surface area contributed by atoms with E-state index in [1.807, 2.05) is 20.8 Å². The lowest BCUT2D eigenvalue weighted by Gasteiger charge is -2.38. The van der Waals surface area contributed by atoms with Gasteiger partial charge in [0.05, 0.1) is 25.9 Å². The molecule has 1 aromatic carbocycles. The van der Waals surface area contributed by atoms with Crippen molar-refractivity contribution in [2.24, 2.45) is 0 Å². The zero-order valence-corrected chi connectivity index (χ0v) is 17.6. The molecule has 1 saturated heterocycles. The molecule has 8 nitrogen and oxygen atoms in total. The molecule has 0 saturated carbocycles. The van der Waals surface area contributed by atoms with Gasteiger partial charge in [-0.1, -0.05) is 0 Å². The number of amides is 3. The van der Waals surface area contributed by atoms with Gasteiger partial charge in [0.1, 0.15) is 17.1 Å². The Bertz CT molecular complexity index is 702. The first-order chi connectivity index (χ1) is 13.1. The van der Waals surface area contributed by atoms with Gasteiger partial charge < -0.3 is 29.3 Å². The Hall–Kier alpha value is -2.64. The van der Waals surface area contributed by atoms with Crippen LogP contribution in [0.4, 0.5) is 15.3 Å². The summed E-state index contributed by atoms with van der Waals surface area (Å²) in [7, 11) is 4.83. The molecule has 1 fully saturated rings. The first kappa shape index (κ1) is 21.7. The smallest absolute Gasteiger partial charge is 0.410 e. The second kappa shape index (κ2) is 9.03. The summed E-state index contributed by atoms with van der Waals surface area (Å²) in [4.78, 5) is 28.4. The van der Waals surface area contributed by atoms with Gasteiger partial charge in [-0.3, -0.25) is 0 Å². The number of nitrogens with one attached hydrogen (secondary N) is 1. The maximum Gasteiger partial charge on any atom is 0.410 e. The van der Waals surface area contributed by atoms with Crippen molar-refractivity contribution in [1.29, 1.82) is 0 Å². The molecule has 2 rings (SSSR count). The highest BCUT2D eigenvalue weighted by molar-refractivity contribution is 5.91. The molecule has 0 aromatic heterocycles. The number of methoxy groups -OCH3 is 2. The average molecular weight is 393 g/mol. The number of anilines is 1. The number of nitrogens with zero attached hydrogens (tertiary/aromatic N) is 2. The van der Waals surface area contributed by atoms with Crippen molar-refractivity contribution in [2.75, 3.05) is 39.7 Å². The Morgan fingerprint density at radius 3 is 2.54 bits per heavy atom. The molecule has 1 atom stereocenters. The van der Waals surface area contributed by atoms with Crippen LogP contribution in [-0.2, 0) is 4.74 Å². The summed E-state index contributed by atoms with van der Waals surface area (Å²) >= 11 is 0. The van der Waals surface area contributed by atoms with Crippen LogP contribution in [-0.4, -0.2) is 67.9 Å². The normalized spacial score (nSPS) is 16.9.